The monoisotopic (exact) mass is 450 g/mol. The van der Waals surface area contributed by atoms with Gasteiger partial charge in [-0.25, -0.2) is 4.79 Å². The fraction of sp³-hybridized carbons (Fsp3) is 0.500. The summed E-state index contributed by atoms with van der Waals surface area (Å²) in [6, 6.07) is 7.26. The maximum Gasteiger partial charge on any atom is 0.471 e. The normalized spacial score (nSPS) is 19.7. The Bertz CT molecular complexity index is 833. The first-order valence-corrected chi connectivity index (χ1v) is 11.1. The number of carboxylic acids is 1. The molecule has 1 heterocycles. The van der Waals surface area contributed by atoms with Crippen molar-refractivity contribution in [3.05, 3.63) is 35.9 Å². The van der Waals surface area contributed by atoms with Crippen LogP contribution in [0.5, 0.6) is 0 Å². The van der Waals surface area contributed by atoms with Crippen molar-refractivity contribution in [2.75, 3.05) is 12.7 Å². The second kappa shape index (κ2) is 9.61. The van der Waals surface area contributed by atoms with Crippen LogP contribution in [-0.4, -0.2) is 63.4 Å². The van der Waals surface area contributed by atoms with Crippen molar-refractivity contribution in [2.45, 2.75) is 43.7 Å². The molecule has 0 spiro atoms. The van der Waals surface area contributed by atoms with E-state index in [4.69, 9.17) is 5.11 Å². The van der Waals surface area contributed by atoms with Crippen molar-refractivity contribution in [3.8, 4) is 0 Å². The Morgan fingerprint density at radius 2 is 1.87 bits per heavy atom. The van der Waals surface area contributed by atoms with Gasteiger partial charge in [0.25, 0.3) is 0 Å². The third-order valence-electron chi connectivity index (χ3n) is 4.81. The second-order valence-electron chi connectivity index (χ2n) is 7.01. The average molecular weight is 450 g/mol. The van der Waals surface area contributed by atoms with Gasteiger partial charge >= 0.3 is 18.1 Å². The minimum absolute atomic E-state index is 0.0688. The topological polar surface area (TPSA) is 124 Å². The maximum absolute atomic E-state index is 12.8. The number of carbonyl (C=O) groups is 3. The van der Waals surface area contributed by atoms with E-state index in [0.29, 0.717) is 12.0 Å². The molecule has 2 rings (SSSR count). The van der Waals surface area contributed by atoms with Gasteiger partial charge in [0.1, 0.15) is 18.0 Å². The summed E-state index contributed by atoms with van der Waals surface area (Å²) in [6.45, 7) is 0.0688. The number of carbonyl (C=O) groups excluding carboxylic acids is 2. The van der Waals surface area contributed by atoms with Gasteiger partial charge in [-0.2, -0.15) is 13.2 Å². The van der Waals surface area contributed by atoms with Crippen molar-refractivity contribution in [2.24, 2.45) is 0 Å². The average Bonchev–Trinajstić information content (AvgIpc) is 3.15. The fourth-order valence-corrected chi connectivity index (χ4v) is 4.91. The maximum atomic E-state index is 12.8. The molecule has 1 aromatic carbocycles. The number of carboxylic acid groups (broad SMARTS) is 1. The van der Waals surface area contributed by atoms with Crippen LogP contribution in [0.1, 0.15) is 24.8 Å². The molecule has 2 unspecified atom stereocenters. The summed E-state index contributed by atoms with van der Waals surface area (Å²) in [7, 11) is -4.64. The summed E-state index contributed by atoms with van der Waals surface area (Å²) in [5.74, 6) is -6.41. The highest BCUT2D eigenvalue weighted by Gasteiger charge is 2.45. The lowest BCUT2D eigenvalue weighted by Gasteiger charge is -2.27. The zero-order chi connectivity index (χ0) is 22.5. The summed E-state index contributed by atoms with van der Waals surface area (Å²) in [6.07, 6.45) is -5.98. The van der Waals surface area contributed by atoms with Gasteiger partial charge < -0.3 is 20.2 Å². The second-order valence-corrected chi connectivity index (χ2v) is 9.46. The Balaban J connectivity index is 2.17. The van der Waals surface area contributed by atoms with Gasteiger partial charge in [0.2, 0.25) is 13.3 Å². The molecular formula is C18H22F3N2O6P. The highest BCUT2D eigenvalue weighted by Crippen LogP contribution is 2.47. The minimum atomic E-state index is -5.27. The Kier molecular flexibility index (Phi) is 7.65. The van der Waals surface area contributed by atoms with Gasteiger partial charge in [0.15, 0.2) is 0 Å². The molecule has 3 N–H and O–H groups in total. The van der Waals surface area contributed by atoms with E-state index in [0.717, 1.165) is 4.90 Å². The molecule has 1 saturated heterocycles. The number of hydrogen-bond acceptors (Lipinski definition) is 4. The van der Waals surface area contributed by atoms with Gasteiger partial charge in [0.05, 0.1) is 0 Å². The van der Waals surface area contributed by atoms with Crippen molar-refractivity contribution in [3.63, 3.8) is 0 Å². The summed E-state index contributed by atoms with van der Waals surface area (Å²) in [5, 5.41) is 10.7. The van der Waals surface area contributed by atoms with Crippen LogP contribution in [0.4, 0.5) is 13.2 Å². The first-order valence-electron chi connectivity index (χ1n) is 9.17. The predicted molar refractivity (Wildman–Crippen MR) is 99.8 cm³/mol. The van der Waals surface area contributed by atoms with E-state index in [2.05, 4.69) is 0 Å². The molecule has 0 aliphatic carbocycles. The molecule has 1 aliphatic rings. The minimum Gasteiger partial charge on any atom is -0.480 e. The van der Waals surface area contributed by atoms with E-state index >= 15 is 0 Å². The van der Waals surface area contributed by atoms with Crippen LogP contribution in [0.2, 0.25) is 0 Å². The van der Waals surface area contributed by atoms with E-state index in [1.54, 1.807) is 30.3 Å². The van der Waals surface area contributed by atoms with E-state index in [1.807, 2.05) is 0 Å². The number of aliphatic carboxylic acids is 1. The van der Waals surface area contributed by atoms with Crippen LogP contribution in [0.25, 0.3) is 0 Å². The largest absolute Gasteiger partial charge is 0.480 e. The smallest absolute Gasteiger partial charge is 0.471 e. The van der Waals surface area contributed by atoms with Crippen LogP contribution >= 0.6 is 7.37 Å². The van der Waals surface area contributed by atoms with Crippen molar-refractivity contribution in [1.29, 1.82) is 0 Å². The van der Waals surface area contributed by atoms with Crippen LogP contribution in [-0.2, 0) is 25.4 Å². The standard InChI is InChI=1S/C18H22F3N2O6P/c19-18(20,21)17(27)22-14(9-8-12-5-2-1-3-6-12)30(28,29)11-15(24)23-10-4-7-13(23)16(25)26/h1-3,5-6,13-14H,4,7-11H2,(H,22,27)(H,25,26)(H,28,29)/t13-,14?/m0/s1. The number of amides is 2. The summed E-state index contributed by atoms with van der Waals surface area (Å²) in [4.78, 5) is 46.4. The number of rotatable bonds is 8. The SMILES string of the molecule is O=C(O)[C@@H]1CCCN1C(=O)CP(=O)(O)C(CCc1ccccc1)NC(=O)C(F)(F)F. The van der Waals surface area contributed by atoms with E-state index in [-0.39, 0.29) is 25.8 Å². The number of halogens is 3. The lowest BCUT2D eigenvalue weighted by atomic mass is 10.1. The lowest BCUT2D eigenvalue weighted by Crippen LogP contribution is -2.46. The summed E-state index contributed by atoms with van der Waals surface area (Å²) < 4.78 is 50.9. The predicted octanol–water partition coefficient (Wildman–Crippen LogP) is 1.97. The molecule has 0 aromatic heterocycles. The van der Waals surface area contributed by atoms with Crippen LogP contribution < -0.4 is 5.32 Å². The first kappa shape index (κ1) is 23.9. The number of likely N-dealkylation sites (tertiary alicyclic amines) is 1. The van der Waals surface area contributed by atoms with E-state index in [1.165, 1.54) is 5.32 Å². The molecule has 0 bridgehead atoms. The molecule has 30 heavy (non-hydrogen) atoms. The Labute approximate surface area is 170 Å². The van der Waals surface area contributed by atoms with Gasteiger partial charge in [-0.3, -0.25) is 14.2 Å². The molecular weight excluding hydrogens is 428 g/mol. The number of hydrogen-bond donors (Lipinski definition) is 3. The van der Waals surface area contributed by atoms with Crippen LogP contribution in [0, 0.1) is 0 Å². The molecule has 166 valence electrons. The van der Waals surface area contributed by atoms with Gasteiger partial charge in [-0.05, 0) is 31.2 Å². The molecule has 1 aliphatic heterocycles. The molecule has 1 fully saturated rings. The quantitative estimate of drug-likeness (QED) is 0.521. The van der Waals surface area contributed by atoms with E-state index < -0.39 is 49.3 Å². The Morgan fingerprint density at radius 3 is 2.43 bits per heavy atom. The fourth-order valence-electron chi connectivity index (χ4n) is 3.27. The molecule has 2 amide bonds. The zero-order valence-corrected chi connectivity index (χ0v) is 16.7. The first-order chi connectivity index (χ1) is 13.9. The van der Waals surface area contributed by atoms with Crippen LogP contribution in [0.3, 0.4) is 0 Å². The molecule has 0 saturated carbocycles. The van der Waals surface area contributed by atoms with Crippen molar-refractivity contribution >= 4 is 25.2 Å². The molecule has 0 radical (unpaired) electrons. The third-order valence-corrected chi connectivity index (χ3v) is 6.90. The number of alkyl halides is 3. The van der Waals surface area contributed by atoms with Gasteiger partial charge in [0, 0.05) is 6.54 Å². The number of nitrogens with one attached hydrogen (secondary N) is 1. The van der Waals surface area contributed by atoms with Gasteiger partial charge in [-0.15, -0.1) is 0 Å². The third kappa shape index (κ3) is 6.30. The molecule has 8 nitrogen and oxygen atoms in total. The molecule has 1 aromatic rings. The van der Waals surface area contributed by atoms with Crippen LogP contribution in [0.15, 0.2) is 30.3 Å². The number of nitrogens with zero attached hydrogens (tertiary/aromatic N) is 1. The number of aryl methyl sites for hydroxylation is 1. The van der Waals surface area contributed by atoms with Crippen molar-refractivity contribution in [1.82, 2.24) is 10.2 Å². The Morgan fingerprint density at radius 1 is 1.23 bits per heavy atom. The summed E-state index contributed by atoms with van der Waals surface area (Å²) >= 11 is 0. The highest BCUT2D eigenvalue weighted by molar-refractivity contribution is 7.59. The lowest BCUT2D eigenvalue weighted by molar-refractivity contribution is -0.173. The summed E-state index contributed by atoms with van der Waals surface area (Å²) in [5.41, 5.74) is 0.667. The molecule has 12 heteroatoms. The zero-order valence-electron chi connectivity index (χ0n) is 15.8. The Hall–Kier alpha value is -2.39. The van der Waals surface area contributed by atoms with Gasteiger partial charge in [-0.1, -0.05) is 30.3 Å². The highest BCUT2D eigenvalue weighted by atomic mass is 31.2. The van der Waals surface area contributed by atoms with E-state index in [9.17, 15) is 37.0 Å². The van der Waals surface area contributed by atoms with Crippen molar-refractivity contribution < 1.29 is 42.1 Å². The molecule has 3 atom stereocenters. The number of benzene rings is 1.